The van der Waals surface area contributed by atoms with Crippen LogP contribution in [0.4, 0.5) is 0 Å². The Morgan fingerprint density at radius 1 is 1.50 bits per heavy atom. The number of nitriles is 1. The van der Waals surface area contributed by atoms with Crippen LogP contribution in [0.25, 0.3) is 0 Å². The lowest BCUT2D eigenvalue weighted by molar-refractivity contribution is 0.468. The van der Waals surface area contributed by atoms with Gasteiger partial charge in [0.1, 0.15) is 6.04 Å². The summed E-state index contributed by atoms with van der Waals surface area (Å²) in [4.78, 5) is 4.12. The Labute approximate surface area is 97.3 Å². The Balaban J connectivity index is 2.87. The first-order valence-corrected chi connectivity index (χ1v) is 5.77. The molecule has 2 unspecified atom stereocenters. The highest BCUT2D eigenvalue weighted by Gasteiger charge is 2.17. The van der Waals surface area contributed by atoms with E-state index in [4.69, 9.17) is 0 Å². The van der Waals surface area contributed by atoms with E-state index in [1.165, 1.54) is 0 Å². The molecule has 1 rings (SSSR count). The Morgan fingerprint density at radius 2 is 2.19 bits per heavy atom. The summed E-state index contributed by atoms with van der Waals surface area (Å²) in [6.07, 6.45) is 4.56. The van der Waals surface area contributed by atoms with Crippen molar-refractivity contribution >= 4 is 0 Å². The van der Waals surface area contributed by atoms with Crippen LogP contribution < -0.4 is 5.32 Å². The smallest absolute Gasteiger partial charge is 0.138 e. The molecule has 2 atom stereocenters. The van der Waals surface area contributed by atoms with Crippen molar-refractivity contribution in [1.29, 1.82) is 5.26 Å². The van der Waals surface area contributed by atoms with Gasteiger partial charge in [0.15, 0.2) is 0 Å². The SMILES string of the molecule is CCC(C)NC(C#N)c1cncn1C(C)C. The average molecular weight is 220 g/mol. The highest BCUT2D eigenvalue weighted by molar-refractivity contribution is 5.14. The summed E-state index contributed by atoms with van der Waals surface area (Å²) in [6, 6.07) is 2.67. The molecule has 0 fully saturated rings. The molecule has 0 spiro atoms. The van der Waals surface area contributed by atoms with Crippen molar-refractivity contribution in [3.63, 3.8) is 0 Å². The highest BCUT2D eigenvalue weighted by atomic mass is 15.1. The van der Waals surface area contributed by atoms with Gasteiger partial charge < -0.3 is 4.57 Å². The fourth-order valence-corrected chi connectivity index (χ4v) is 1.56. The van der Waals surface area contributed by atoms with Gasteiger partial charge in [0.05, 0.1) is 24.3 Å². The molecule has 1 N–H and O–H groups in total. The molecule has 4 nitrogen and oxygen atoms in total. The maximum absolute atomic E-state index is 9.19. The van der Waals surface area contributed by atoms with E-state index in [9.17, 15) is 5.26 Å². The molecule has 0 aliphatic heterocycles. The van der Waals surface area contributed by atoms with Gasteiger partial charge in [0.25, 0.3) is 0 Å². The molecule has 1 aromatic rings. The fourth-order valence-electron chi connectivity index (χ4n) is 1.56. The molecule has 0 aliphatic rings. The molecule has 16 heavy (non-hydrogen) atoms. The zero-order chi connectivity index (χ0) is 12.1. The molecular weight excluding hydrogens is 200 g/mol. The van der Waals surface area contributed by atoms with Crippen molar-refractivity contribution in [2.45, 2.75) is 52.2 Å². The van der Waals surface area contributed by atoms with Gasteiger partial charge in [-0.3, -0.25) is 5.32 Å². The topological polar surface area (TPSA) is 53.6 Å². The number of nitrogens with zero attached hydrogens (tertiary/aromatic N) is 3. The zero-order valence-corrected chi connectivity index (χ0v) is 10.4. The molecule has 0 amide bonds. The molecule has 88 valence electrons. The summed E-state index contributed by atoms with van der Waals surface area (Å²) in [6.45, 7) is 8.36. The van der Waals surface area contributed by atoms with Crippen molar-refractivity contribution in [3.05, 3.63) is 18.2 Å². The minimum Gasteiger partial charge on any atom is -0.330 e. The van der Waals surface area contributed by atoms with Crippen molar-refractivity contribution in [2.24, 2.45) is 0 Å². The Bertz CT molecular complexity index is 361. The highest BCUT2D eigenvalue weighted by Crippen LogP contribution is 2.17. The summed E-state index contributed by atoms with van der Waals surface area (Å²) < 4.78 is 2.03. The van der Waals surface area contributed by atoms with Crippen LogP contribution in [0.3, 0.4) is 0 Å². The fraction of sp³-hybridized carbons (Fsp3) is 0.667. The minimum absolute atomic E-state index is 0.278. The van der Waals surface area contributed by atoms with Crippen LogP contribution in [0.15, 0.2) is 12.5 Å². The molecule has 0 radical (unpaired) electrons. The number of hydrogen-bond acceptors (Lipinski definition) is 3. The summed E-state index contributed by atoms with van der Waals surface area (Å²) in [7, 11) is 0. The predicted octanol–water partition coefficient (Wildman–Crippen LogP) is 2.42. The van der Waals surface area contributed by atoms with Crippen molar-refractivity contribution < 1.29 is 0 Å². The first kappa shape index (κ1) is 12.7. The second-order valence-corrected chi connectivity index (χ2v) is 4.36. The molecule has 0 saturated heterocycles. The third-order valence-corrected chi connectivity index (χ3v) is 2.74. The molecule has 0 aliphatic carbocycles. The number of aromatic nitrogens is 2. The Kier molecular flexibility index (Phi) is 4.51. The average Bonchev–Trinajstić information content (AvgIpc) is 2.74. The van der Waals surface area contributed by atoms with Crippen molar-refractivity contribution in [3.8, 4) is 6.07 Å². The lowest BCUT2D eigenvalue weighted by Crippen LogP contribution is -2.30. The quantitative estimate of drug-likeness (QED) is 0.829. The molecular formula is C12H20N4. The number of hydrogen-bond donors (Lipinski definition) is 1. The third kappa shape index (κ3) is 2.83. The van der Waals surface area contributed by atoms with Crippen LogP contribution in [-0.2, 0) is 0 Å². The van der Waals surface area contributed by atoms with Gasteiger partial charge in [-0.1, -0.05) is 6.92 Å². The molecule has 0 saturated carbocycles. The number of nitrogens with one attached hydrogen (secondary N) is 1. The van der Waals surface area contributed by atoms with Gasteiger partial charge in [-0.2, -0.15) is 5.26 Å². The van der Waals surface area contributed by atoms with Crippen LogP contribution in [0.1, 0.15) is 51.9 Å². The third-order valence-electron chi connectivity index (χ3n) is 2.74. The Morgan fingerprint density at radius 3 is 2.69 bits per heavy atom. The summed E-state index contributed by atoms with van der Waals surface area (Å²) in [5.74, 6) is 0. The largest absolute Gasteiger partial charge is 0.330 e. The Hall–Kier alpha value is -1.34. The van der Waals surface area contributed by atoms with Gasteiger partial charge in [-0.05, 0) is 27.2 Å². The van der Waals surface area contributed by atoms with E-state index in [2.05, 4.69) is 44.1 Å². The summed E-state index contributed by atoms with van der Waals surface area (Å²) in [5, 5.41) is 12.5. The van der Waals surface area contributed by atoms with E-state index in [0.717, 1.165) is 12.1 Å². The van der Waals surface area contributed by atoms with Gasteiger partial charge in [-0.25, -0.2) is 4.98 Å². The van der Waals surface area contributed by atoms with Crippen LogP contribution >= 0.6 is 0 Å². The number of imidazole rings is 1. The first-order chi connectivity index (χ1) is 7.60. The monoisotopic (exact) mass is 220 g/mol. The number of rotatable bonds is 5. The molecule has 1 heterocycles. The molecule has 1 aromatic heterocycles. The molecule has 4 heteroatoms. The van der Waals surface area contributed by atoms with Crippen LogP contribution in [0.2, 0.25) is 0 Å². The lowest BCUT2D eigenvalue weighted by Gasteiger charge is -2.19. The van der Waals surface area contributed by atoms with Crippen LogP contribution in [-0.4, -0.2) is 15.6 Å². The maximum Gasteiger partial charge on any atom is 0.138 e. The van der Waals surface area contributed by atoms with Gasteiger partial charge in [0, 0.05) is 12.1 Å². The second kappa shape index (κ2) is 5.66. The second-order valence-electron chi connectivity index (χ2n) is 4.36. The van der Waals surface area contributed by atoms with Crippen molar-refractivity contribution in [1.82, 2.24) is 14.9 Å². The normalized spacial score (nSPS) is 14.8. The maximum atomic E-state index is 9.19. The van der Waals surface area contributed by atoms with Crippen molar-refractivity contribution in [2.75, 3.05) is 0 Å². The predicted molar refractivity (Wildman–Crippen MR) is 63.9 cm³/mol. The van der Waals surface area contributed by atoms with Gasteiger partial charge in [-0.15, -0.1) is 0 Å². The zero-order valence-electron chi connectivity index (χ0n) is 10.4. The van der Waals surface area contributed by atoms with E-state index >= 15 is 0 Å². The van der Waals surface area contributed by atoms with Gasteiger partial charge in [0.2, 0.25) is 0 Å². The van der Waals surface area contributed by atoms with E-state index in [1.807, 2.05) is 4.57 Å². The van der Waals surface area contributed by atoms with E-state index < -0.39 is 0 Å². The van der Waals surface area contributed by atoms with Gasteiger partial charge >= 0.3 is 0 Å². The minimum atomic E-state index is -0.278. The van der Waals surface area contributed by atoms with Crippen LogP contribution in [0.5, 0.6) is 0 Å². The first-order valence-electron chi connectivity index (χ1n) is 5.77. The molecule has 0 bridgehead atoms. The molecule has 0 aromatic carbocycles. The van der Waals surface area contributed by atoms with E-state index in [1.54, 1.807) is 12.5 Å². The standard InChI is InChI=1S/C12H20N4/c1-5-10(4)15-11(6-13)12-7-14-8-16(12)9(2)3/h7-11,15H,5H2,1-4H3. The van der Waals surface area contributed by atoms with Crippen LogP contribution in [0, 0.1) is 11.3 Å². The lowest BCUT2D eigenvalue weighted by atomic mass is 10.1. The summed E-state index contributed by atoms with van der Waals surface area (Å²) in [5.41, 5.74) is 0.942. The van der Waals surface area contributed by atoms with E-state index in [-0.39, 0.29) is 6.04 Å². The van der Waals surface area contributed by atoms with E-state index in [0.29, 0.717) is 12.1 Å². The summed E-state index contributed by atoms with van der Waals surface area (Å²) >= 11 is 0.